The van der Waals surface area contributed by atoms with Gasteiger partial charge in [-0.05, 0) is 12.0 Å². The van der Waals surface area contributed by atoms with Crippen molar-refractivity contribution >= 4 is 11.3 Å². The molecule has 0 aliphatic rings. The summed E-state index contributed by atoms with van der Waals surface area (Å²) in [6, 6.07) is 1.71. The Hall–Kier alpha value is -1.98. The van der Waals surface area contributed by atoms with Crippen molar-refractivity contribution in [3.05, 3.63) is 40.1 Å². The molecule has 0 saturated heterocycles. The van der Waals surface area contributed by atoms with Gasteiger partial charge in [0.25, 0.3) is 0 Å². The summed E-state index contributed by atoms with van der Waals surface area (Å²) < 4.78 is 5.01. The van der Waals surface area contributed by atoms with Crippen LogP contribution in [-0.4, -0.2) is 32.4 Å². The van der Waals surface area contributed by atoms with Crippen LogP contribution < -0.4 is 4.74 Å². The highest BCUT2D eigenvalue weighted by Crippen LogP contribution is 2.19. The van der Waals surface area contributed by atoms with Gasteiger partial charge in [0.15, 0.2) is 5.01 Å². The van der Waals surface area contributed by atoms with Gasteiger partial charge in [0.1, 0.15) is 11.4 Å². The number of thiazole rings is 1. The van der Waals surface area contributed by atoms with E-state index in [1.54, 1.807) is 18.5 Å². The van der Waals surface area contributed by atoms with Crippen LogP contribution in [0, 0.1) is 11.8 Å². The molecular formula is C12H10N2O4S. The van der Waals surface area contributed by atoms with Crippen molar-refractivity contribution in [1.82, 2.24) is 9.97 Å². The molecule has 98 valence electrons. The van der Waals surface area contributed by atoms with Crippen molar-refractivity contribution in [2.24, 2.45) is 0 Å². The Labute approximate surface area is 113 Å². The number of rotatable bonds is 2. The summed E-state index contributed by atoms with van der Waals surface area (Å²) in [6.07, 6.45) is 3.13. The lowest BCUT2D eigenvalue weighted by atomic mass is 10.3. The minimum absolute atomic E-state index is 0.236. The molecule has 2 aromatic heterocycles. The fourth-order valence-electron chi connectivity index (χ4n) is 1.22. The zero-order valence-corrected chi connectivity index (χ0v) is 10.7. The van der Waals surface area contributed by atoms with E-state index in [1.165, 1.54) is 12.5 Å². The van der Waals surface area contributed by atoms with Gasteiger partial charge in [-0.2, -0.15) is 0 Å². The largest absolute Gasteiger partial charge is 0.495 e. The van der Waals surface area contributed by atoms with Crippen LogP contribution in [0.5, 0.6) is 5.75 Å². The molecule has 0 amide bonds. The van der Waals surface area contributed by atoms with Gasteiger partial charge in [0, 0.05) is 17.1 Å². The number of methoxy groups -OCH3 is 1. The van der Waals surface area contributed by atoms with E-state index in [-0.39, 0.29) is 5.01 Å². The molecule has 0 saturated carbocycles. The Balaban J connectivity index is 2.22. The van der Waals surface area contributed by atoms with E-state index >= 15 is 0 Å². The first-order chi connectivity index (χ1) is 8.99. The second kappa shape index (κ2) is 5.34. The molecule has 6 nitrogen and oxygen atoms in total. The normalized spacial score (nSPS) is 10.7. The molecule has 2 aromatic rings. The maximum absolute atomic E-state index is 8.94. The van der Waals surface area contributed by atoms with Crippen molar-refractivity contribution in [2.75, 3.05) is 7.11 Å². The van der Waals surface area contributed by atoms with E-state index in [9.17, 15) is 0 Å². The highest BCUT2D eigenvalue weighted by Gasteiger charge is 2.25. The molecule has 7 heteroatoms. The zero-order valence-electron chi connectivity index (χ0n) is 9.86. The highest BCUT2D eigenvalue weighted by atomic mass is 32.1. The van der Waals surface area contributed by atoms with Crippen LogP contribution in [0.4, 0.5) is 0 Å². The van der Waals surface area contributed by atoms with Crippen LogP contribution in [0.1, 0.15) is 16.3 Å². The first-order valence-electron chi connectivity index (χ1n) is 5.13. The zero-order chi connectivity index (χ0) is 13.9. The lowest BCUT2D eigenvalue weighted by Gasteiger charge is -2.08. The number of aromatic nitrogens is 2. The van der Waals surface area contributed by atoms with E-state index < -0.39 is 5.97 Å². The third kappa shape index (κ3) is 3.49. The van der Waals surface area contributed by atoms with Gasteiger partial charge in [-0.15, -0.1) is 11.3 Å². The third-order valence-corrected chi connectivity index (χ3v) is 3.00. The number of hydrogen-bond donors (Lipinski definition) is 3. The van der Waals surface area contributed by atoms with Crippen molar-refractivity contribution in [3.8, 4) is 17.6 Å². The smallest absolute Gasteiger partial charge is 0.332 e. The van der Waals surface area contributed by atoms with Crippen molar-refractivity contribution in [3.63, 3.8) is 0 Å². The first kappa shape index (κ1) is 13.5. The average molecular weight is 278 g/mol. The predicted molar refractivity (Wildman–Crippen MR) is 67.2 cm³/mol. The quantitative estimate of drug-likeness (QED) is 0.530. The fraction of sp³-hybridized carbons (Fsp3) is 0.167. The van der Waals surface area contributed by atoms with Crippen LogP contribution >= 0.6 is 11.3 Å². The van der Waals surface area contributed by atoms with Crippen molar-refractivity contribution < 1.29 is 20.1 Å². The molecule has 0 fully saturated rings. The molecule has 2 heterocycles. The molecule has 3 N–H and O–H groups in total. The summed E-state index contributed by atoms with van der Waals surface area (Å²) >= 11 is 0.895. The summed E-state index contributed by atoms with van der Waals surface area (Å²) in [4.78, 5) is 7.73. The molecular weight excluding hydrogens is 268 g/mol. The number of aliphatic hydroxyl groups is 3. The second-order valence-corrected chi connectivity index (χ2v) is 4.39. The monoisotopic (exact) mass is 278 g/mol. The average Bonchev–Trinajstić information content (AvgIpc) is 2.85. The Morgan fingerprint density at radius 1 is 1.26 bits per heavy atom. The molecule has 0 aliphatic heterocycles. The molecule has 0 aliphatic carbocycles. The van der Waals surface area contributed by atoms with Gasteiger partial charge < -0.3 is 20.1 Å². The summed E-state index contributed by atoms with van der Waals surface area (Å²) in [7, 11) is 1.53. The van der Waals surface area contributed by atoms with Gasteiger partial charge in [0.05, 0.1) is 13.3 Å². The number of ether oxygens (including phenoxy) is 1. The lowest BCUT2D eigenvalue weighted by Crippen LogP contribution is -2.23. The van der Waals surface area contributed by atoms with Crippen LogP contribution in [0.3, 0.4) is 0 Å². The number of pyridine rings is 1. The molecule has 0 radical (unpaired) electrons. The molecule has 19 heavy (non-hydrogen) atoms. The lowest BCUT2D eigenvalue weighted by molar-refractivity contribution is -0.323. The van der Waals surface area contributed by atoms with Gasteiger partial charge in [-0.25, -0.2) is 4.98 Å². The molecule has 0 bridgehead atoms. The number of nitrogens with zero attached hydrogens (tertiary/aromatic N) is 2. The standard InChI is InChI=1S/C12H10N2O4S/c1-18-10-4-8(5-13-6-10)2-3-9-7-19-11(14-9)12(15,16)17/h4-7,15-17H,1H3. The summed E-state index contributed by atoms with van der Waals surface area (Å²) in [5.74, 6) is 3.19. The van der Waals surface area contributed by atoms with Gasteiger partial charge in [0.2, 0.25) is 0 Å². The molecule has 0 unspecified atom stereocenters. The van der Waals surface area contributed by atoms with Crippen molar-refractivity contribution in [2.45, 2.75) is 5.97 Å². The van der Waals surface area contributed by atoms with E-state index in [0.29, 0.717) is 17.0 Å². The molecule has 2 rings (SSSR count). The third-order valence-electron chi connectivity index (χ3n) is 2.07. The maximum Gasteiger partial charge on any atom is 0.332 e. The van der Waals surface area contributed by atoms with E-state index in [2.05, 4.69) is 21.8 Å². The van der Waals surface area contributed by atoms with Gasteiger partial charge in [-0.3, -0.25) is 4.98 Å². The molecule has 0 atom stereocenters. The van der Waals surface area contributed by atoms with Crippen LogP contribution in [0.25, 0.3) is 0 Å². The Morgan fingerprint density at radius 2 is 2.05 bits per heavy atom. The fourth-order valence-corrected chi connectivity index (χ4v) is 1.86. The van der Waals surface area contributed by atoms with Crippen LogP contribution in [0.15, 0.2) is 23.8 Å². The Kier molecular flexibility index (Phi) is 3.78. The van der Waals surface area contributed by atoms with Crippen LogP contribution in [-0.2, 0) is 5.97 Å². The summed E-state index contributed by atoms with van der Waals surface area (Å²) in [6.45, 7) is 0. The van der Waals surface area contributed by atoms with Crippen LogP contribution in [0.2, 0.25) is 0 Å². The minimum atomic E-state index is -2.93. The topological polar surface area (TPSA) is 95.7 Å². The van der Waals surface area contributed by atoms with Gasteiger partial charge >= 0.3 is 5.97 Å². The van der Waals surface area contributed by atoms with E-state index in [0.717, 1.165) is 11.3 Å². The van der Waals surface area contributed by atoms with E-state index in [4.69, 9.17) is 20.1 Å². The Morgan fingerprint density at radius 3 is 2.68 bits per heavy atom. The maximum atomic E-state index is 8.94. The molecule has 0 aromatic carbocycles. The summed E-state index contributed by atoms with van der Waals surface area (Å²) in [5, 5.41) is 28.1. The van der Waals surface area contributed by atoms with E-state index in [1.807, 2.05) is 0 Å². The summed E-state index contributed by atoms with van der Waals surface area (Å²) in [5.41, 5.74) is 0.960. The first-order valence-corrected chi connectivity index (χ1v) is 6.01. The molecule has 0 spiro atoms. The SMILES string of the molecule is COc1cncc(C#Cc2csc(C(O)(O)O)n2)c1. The number of hydrogen-bond acceptors (Lipinski definition) is 7. The predicted octanol–water partition coefficient (Wildman–Crippen LogP) is 0.0337. The minimum Gasteiger partial charge on any atom is -0.495 e. The highest BCUT2D eigenvalue weighted by molar-refractivity contribution is 7.09. The Bertz CT molecular complexity index is 637. The van der Waals surface area contributed by atoms with Gasteiger partial charge in [-0.1, -0.05) is 5.92 Å². The van der Waals surface area contributed by atoms with Crippen molar-refractivity contribution in [1.29, 1.82) is 0 Å². The second-order valence-electron chi connectivity index (χ2n) is 3.54.